The lowest BCUT2D eigenvalue weighted by Gasteiger charge is -2.25. The van der Waals surface area contributed by atoms with Crippen molar-refractivity contribution < 1.29 is 18.7 Å². The zero-order chi connectivity index (χ0) is 29.6. The molecular weight excluding hydrogens is 521 g/mol. The van der Waals surface area contributed by atoms with Crippen LogP contribution in [-0.2, 0) is 11.3 Å². The minimum Gasteiger partial charge on any atom is -0.444 e. The highest BCUT2D eigenvalue weighted by Crippen LogP contribution is 2.32. The predicted octanol–water partition coefficient (Wildman–Crippen LogP) is 7.14. The summed E-state index contributed by atoms with van der Waals surface area (Å²) in [7, 11) is 0. The Hall–Kier alpha value is -4.66. The van der Waals surface area contributed by atoms with Crippen LogP contribution in [-0.4, -0.2) is 33.9 Å². The van der Waals surface area contributed by atoms with Gasteiger partial charge in [-0.25, -0.2) is 13.9 Å². The van der Waals surface area contributed by atoms with Gasteiger partial charge in [-0.3, -0.25) is 4.79 Å². The minimum absolute atomic E-state index is 0.0743. The molecule has 0 saturated heterocycles. The Morgan fingerprint density at radius 2 is 1.73 bits per heavy atom. The van der Waals surface area contributed by atoms with Gasteiger partial charge in [0.25, 0.3) is 5.91 Å². The van der Waals surface area contributed by atoms with Gasteiger partial charge in [-0.2, -0.15) is 5.10 Å². The number of rotatable bonds is 9. The Balaban J connectivity index is 1.56. The molecule has 0 aliphatic heterocycles. The molecule has 0 spiro atoms. The van der Waals surface area contributed by atoms with E-state index < -0.39 is 23.4 Å². The molecule has 214 valence electrons. The summed E-state index contributed by atoms with van der Waals surface area (Å²) in [6.07, 6.45) is 0.294. The summed E-state index contributed by atoms with van der Waals surface area (Å²) in [6.45, 7) is 10.1. The second-order valence-electron chi connectivity index (χ2n) is 10.7. The molecule has 4 aromatic rings. The van der Waals surface area contributed by atoms with Gasteiger partial charge in [-0.05, 0) is 82.1 Å². The summed E-state index contributed by atoms with van der Waals surface area (Å²) in [6, 6.07) is 23.5. The van der Waals surface area contributed by atoms with Crippen molar-refractivity contribution in [3.8, 4) is 5.69 Å². The van der Waals surface area contributed by atoms with Crippen LogP contribution in [0.5, 0.6) is 0 Å². The van der Waals surface area contributed by atoms with Gasteiger partial charge in [-0.15, -0.1) is 0 Å². The number of alkyl carbamates (subject to hydrolysis) is 1. The smallest absolute Gasteiger partial charge is 0.407 e. The van der Waals surface area contributed by atoms with Crippen LogP contribution >= 0.6 is 0 Å². The number of amides is 2. The molecule has 0 radical (unpaired) electrons. The quantitative estimate of drug-likeness (QED) is 0.228. The second kappa shape index (κ2) is 12.7. The molecule has 0 aliphatic carbocycles. The van der Waals surface area contributed by atoms with Crippen LogP contribution in [0.25, 0.3) is 5.69 Å². The first-order valence-corrected chi connectivity index (χ1v) is 13.6. The number of halogens is 1. The van der Waals surface area contributed by atoms with Crippen LogP contribution in [0.1, 0.15) is 55.9 Å². The number of aromatic nitrogens is 2. The van der Waals surface area contributed by atoms with E-state index in [1.54, 1.807) is 52.0 Å². The molecule has 9 heteroatoms. The molecule has 0 atom stereocenters. The van der Waals surface area contributed by atoms with E-state index in [0.717, 1.165) is 17.7 Å². The first-order valence-electron chi connectivity index (χ1n) is 13.6. The summed E-state index contributed by atoms with van der Waals surface area (Å²) >= 11 is 0. The molecule has 2 amide bonds. The van der Waals surface area contributed by atoms with E-state index in [-0.39, 0.29) is 17.9 Å². The monoisotopic (exact) mass is 557 g/mol. The van der Waals surface area contributed by atoms with Gasteiger partial charge in [0, 0.05) is 18.8 Å². The molecule has 1 aromatic heterocycles. The van der Waals surface area contributed by atoms with Crippen molar-refractivity contribution in [2.45, 2.75) is 53.2 Å². The van der Waals surface area contributed by atoms with E-state index >= 15 is 4.39 Å². The van der Waals surface area contributed by atoms with Gasteiger partial charge in [0.05, 0.1) is 22.8 Å². The molecule has 3 aromatic carbocycles. The second-order valence-corrected chi connectivity index (χ2v) is 10.7. The third kappa shape index (κ3) is 7.51. The topological polar surface area (TPSA) is 88.5 Å². The lowest BCUT2D eigenvalue weighted by molar-refractivity contribution is 0.0523. The molecule has 8 nitrogen and oxygen atoms in total. The number of benzene rings is 3. The summed E-state index contributed by atoms with van der Waals surface area (Å²) in [5, 5.41) is 9.98. The molecule has 0 aliphatic rings. The molecule has 0 bridgehead atoms. The third-order valence-electron chi connectivity index (χ3n) is 6.09. The van der Waals surface area contributed by atoms with Crippen molar-refractivity contribution in [1.29, 1.82) is 0 Å². The maximum atomic E-state index is 15.8. The highest BCUT2D eigenvalue weighted by molar-refractivity contribution is 6.04. The van der Waals surface area contributed by atoms with E-state index in [9.17, 15) is 9.59 Å². The zero-order valence-corrected chi connectivity index (χ0v) is 24.1. The number of carbonyl (C=O) groups excluding carboxylic acids is 2. The lowest BCUT2D eigenvalue weighted by Crippen LogP contribution is -2.32. The first-order chi connectivity index (χ1) is 19.6. The number of nitrogens with one attached hydrogen (secondary N) is 2. The van der Waals surface area contributed by atoms with Crippen LogP contribution in [0.15, 0.2) is 78.9 Å². The van der Waals surface area contributed by atoms with Gasteiger partial charge in [-0.1, -0.05) is 43.3 Å². The van der Waals surface area contributed by atoms with Gasteiger partial charge in [0.1, 0.15) is 11.3 Å². The first kappa shape index (κ1) is 29.3. The highest BCUT2D eigenvalue weighted by Gasteiger charge is 2.21. The number of carbonyl (C=O) groups is 2. The molecule has 0 fully saturated rings. The number of hydrogen-bond acceptors (Lipinski definition) is 5. The Labute approximate surface area is 240 Å². The minimum atomic E-state index is -0.602. The zero-order valence-electron chi connectivity index (χ0n) is 24.1. The lowest BCUT2D eigenvalue weighted by atomic mass is 10.2. The molecular formula is C32H36FN5O3. The number of hydrogen-bond donors (Lipinski definition) is 2. The van der Waals surface area contributed by atoms with Crippen molar-refractivity contribution in [3.63, 3.8) is 0 Å². The molecule has 41 heavy (non-hydrogen) atoms. The van der Waals surface area contributed by atoms with Gasteiger partial charge < -0.3 is 20.3 Å². The number of aryl methyl sites for hydroxylation is 1. The molecule has 2 N–H and O–H groups in total. The van der Waals surface area contributed by atoms with E-state index in [0.29, 0.717) is 23.6 Å². The molecule has 4 rings (SSSR count). The maximum Gasteiger partial charge on any atom is 0.407 e. The van der Waals surface area contributed by atoms with Gasteiger partial charge >= 0.3 is 6.09 Å². The van der Waals surface area contributed by atoms with Crippen LogP contribution in [0.2, 0.25) is 0 Å². The van der Waals surface area contributed by atoms with Crippen molar-refractivity contribution in [3.05, 3.63) is 102 Å². The predicted molar refractivity (Wildman–Crippen MR) is 159 cm³/mol. The number of ether oxygens (including phenoxy) is 1. The van der Waals surface area contributed by atoms with Crippen molar-refractivity contribution in [1.82, 2.24) is 15.1 Å². The van der Waals surface area contributed by atoms with Crippen LogP contribution in [0.4, 0.5) is 26.2 Å². The van der Waals surface area contributed by atoms with Gasteiger partial charge in [0.15, 0.2) is 5.82 Å². The highest BCUT2D eigenvalue weighted by atomic mass is 19.1. The molecule has 1 heterocycles. The summed E-state index contributed by atoms with van der Waals surface area (Å²) in [5.41, 5.74) is 3.01. The fourth-order valence-corrected chi connectivity index (χ4v) is 4.38. The van der Waals surface area contributed by atoms with Crippen molar-refractivity contribution in [2.75, 3.05) is 16.8 Å². The van der Waals surface area contributed by atoms with Crippen molar-refractivity contribution >= 4 is 29.1 Å². The summed E-state index contributed by atoms with van der Waals surface area (Å²) < 4.78 is 22.6. The largest absolute Gasteiger partial charge is 0.444 e. The SMILES string of the molecule is CCCN(c1ccccc1)c1cccc(NC(=O)c2cc(C)nn2-c2cccc(CNC(=O)OC(C)(C)C)c2)c1F. The normalized spacial score (nSPS) is 11.2. The van der Waals surface area contributed by atoms with Crippen LogP contribution in [0.3, 0.4) is 0 Å². The Morgan fingerprint density at radius 1 is 1.00 bits per heavy atom. The number of anilines is 3. The fraction of sp³-hybridized carbons (Fsp3) is 0.281. The molecule has 0 saturated carbocycles. The molecule has 0 unspecified atom stereocenters. The van der Waals surface area contributed by atoms with Crippen LogP contribution < -0.4 is 15.5 Å². The van der Waals surface area contributed by atoms with Crippen LogP contribution in [0, 0.1) is 12.7 Å². The number of para-hydroxylation sites is 1. The van der Waals surface area contributed by atoms with E-state index in [1.807, 2.05) is 66.4 Å². The standard InChI is InChI=1S/C32H36FN5O3/c1-6-18-37(24-13-8-7-9-14-24)27-17-11-16-26(29(27)33)35-30(39)28-19-22(2)36-38(28)25-15-10-12-23(20-25)21-34-31(40)41-32(3,4)5/h7-17,19-20H,6,18,21H2,1-5H3,(H,34,40)(H,35,39). The Kier molecular flexibility index (Phi) is 9.07. The Bertz CT molecular complexity index is 1510. The summed E-state index contributed by atoms with van der Waals surface area (Å²) in [4.78, 5) is 27.4. The number of nitrogens with zero attached hydrogens (tertiary/aromatic N) is 3. The maximum absolute atomic E-state index is 15.8. The average molecular weight is 558 g/mol. The van der Waals surface area contributed by atoms with E-state index in [4.69, 9.17) is 4.74 Å². The van der Waals surface area contributed by atoms with E-state index in [1.165, 1.54) is 4.68 Å². The van der Waals surface area contributed by atoms with Gasteiger partial charge in [0.2, 0.25) is 0 Å². The summed E-state index contributed by atoms with van der Waals surface area (Å²) in [5.74, 6) is -1.02. The third-order valence-corrected chi connectivity index (χ3v) is 6.09. The van der Waals surface area contributed by atoms with Crippen molar-refractivity contribution in [2.24, 2.45) is 0 Å². The average Bonchev–Trinajstić information content (AvgIpc) is 3.33. The Morgan fingerprint density at radius 3 is 2.44 bits per heavy atom. The van der Waals surface area contributed by atoms with E-state index in [2.05, 4.69) is 15.7 Å². The fourth-order valence-electron chi connectivity index (χ4n) is 4.38.